The van der Waals surface area contributed by atoms with Gasteiger partial charge in [0, 0.05) is 10.6 Å². The van der Waals surface area contributed by atoms with E-state index in [1.807, 2.05) is 26.8 Å². The first kappa shape index (κ1) is 16.9. The number of benzene rings is 1. The number of fused-ring (bicyclic) bond motifs is 1. The first-order valence-corrected chi connectivity index (χ1v) is 7.88. The number of alkyl halides is 3. The molecule has 22 heavy (non-hydrogen) atoms. The zero-order chi connectivity index (χ0) is 16.7. The molecule has 120 valence electrons. The summed E-state index contributed by atoms with van der Waals surface area (Å²) in [7, 11) is 0. The van der Waals surface area contributed by atoms with Gasteiger partial charge in [0.2, 0.25) is 0 Å². The van der Waals surface area contributed by atoms with Crippen molar-refractivity contribution in [2.45, 2.75) is 37.8 Å². The molecule has 0 bridgehead atoms. The van der Waals surface area contributed by atoms with E-state index in [1.165, 1.54) is 6.08 Å². The van der Waals surface area contributed by atoms with Crippen LogP contribution in [-0.4, -0.2) is 23.0 Å². The molecule has 0 spiro atoms. The number of carboxylic acid groups (broad SMARTS) is 1. The smallest absolute Gasteiger partial charge is 0.396 e. The number of thioether (sulfide) groups is 1. The Kier molecular flexibility index (Phi) is 4.61. The molecule has 0 saturated heterocycles. The molecule has 1 aromatic carbocycles. The first-order chi connectivity index (χ1) is 10.1. The molecule has 1 aromatic rings. The van der Waals surface area contributed by atoms with Crippen molar-refractivity contribution in [3.05, 3.63) is 34.4 Å². The molecular weight excluding hydrogens is 313 g/mol. The van der Waals surface area contributed by atoms with E-state index < -0.39 is 23.6 Å². The van der Waals surface area contributed by atoms with Crippen molar-refractivity contribution in [3.8, 4) is 0 Å². The number of hydrogen-bond donors (Lipinski definition) is 1. The summed E-state index contributed by atoms with van der Waals surface area (Å²) < 4.78 is 39.4. The summed E-state index contributed by atoms with van der Waals surface area (Å²) in [6, 6.07) is 3.75. The molecule has 0 fully saturated rings. The lowest BCUT2D eigenvalue weighted by Gasteiger charge is -2.19. The van der Waals surface area contributed by atoms with Gasteiger partial charge in [0.1, 0.15) is 0 Å². The third-order valence-corrected chi connectivity index (χ3v) is 5.06. The van der Waals surface area contributed by atoms with Gasteiger partial charge in [0.05, 0.1) is 11.5 Å². The average Bonchev–Trinajstić information content (AvgIpc) is 2.57. The van der Waals surface area contributed by atoms with E-state index in [2.05, 4.69) is 0 Å². The van der Waals surface area contributed by atoms with Crippen molar-refractivity contribution in [1.29, 1.82) is 0 Å². The second-order valence-corrected chi connectivity index (χ2v) is 6.75. The highest BCUT2D eigenvalue weighted by Gasteiger charge is 2.45. The van der Waals surface area contributed by atoms with Crippen molar-refractivity contribution in [2.24, 2.45) is 5.92 Å². The van der Waals surface area contributed by atoms with Gasteiger partial charge in [-0.05, 0) is 35.6 Å². The first-order valence-electron chi connectivity index (χ1n) is 6.90. The van der Waals surface area contributed by atoms with Crippen molar-refractivity contribution < 1.29 is 23.1 Å². The number of carboxylic acids is 1. The lowest BCUT2D eigenvalue weighted by Crippen LogP contribution is -2.29. The zero-order valence-electron chi connectivity index (χ0n) is 12.5. The number of carbonyl (C=O) groups is 1. The molecule has 1 aliphatic rings. The van der Waals surface area contributed by atoms with Crippen molar-refractivity contribution in [3.63, 3.8) is 0 Å². The van der Waals surface area contributed by atoms with Crippen LogP contribution in [0.5, 0.6) is 0 Å². The summed E-state index contributed by atoms with van der Waals surface area (Å²) in [5, 5.41) is 9.19. The molecular formula is C16H17F3O2S. The second-order valence-electron chi connectivity index (χ2n) is 5.72. The van der Waals surface area contributed by atoms with Gasteiger partial charge < -0.3 is 5.11 Å². The minimum Gasteiger partial charge on any atom is -0.478 e. The Morgan fingerprint density at radius 3 is 2.50 bits per heavy atom. The van der Waals surface area contributed by atoms with Gasteiger partial charge in [0.25, 0.3) is 0 Å². The number of rotatable bonds is 2. The maximum Gasteiger partial charge on any atom is 0.396 e. The third kappa shape index (κ3) is 3.32. The highest BCUT2D eigenvalue weighted by molar-refractivity contribution is 7.99. The molecule has 1 atom stereocenters. The summed E-state index contributed by atoms with van der Waals surface area (Å²) in [6.45, 7) is 5.83. The summed E-state index contributed by atoms with van der Waals surface area (Å²) >= 11 is 1.08. The monoisotopic (exact) mass is 330 g/mol. The topological polar surface area (TPSA) is 37.3 Å². The van der Waals surface area contributed by atoms with E-state index in [-0.39, 0.29) is 11.7 Å². The van der Waals surface area contributed by atoms with Crippen LogP contribution < -0.4 is 0 Å². The Morgan fingerprint density at radius 2 is 2.00 bits per heavy atom. The summed E-state index contributed by atoms with van der Waals surface area (Å²) in [5.74, 6) is -3.55. The number of halogens is 3. The molecule has 0 radical (unpaired) electrons. The van der Waals surface area contributed by atoms with Crippen LogP contribution in [0.2, 0.25) is 0 Å². The summed E-state index contributed by atoms with van der Waals surface area (Å²) in [4.78, 5) is 12.0. The molecule has 2 rings (SSSR count). The Bertz CT molecular complexity index is 633. The molecule has 2 nitrogen and oxygen atoms in total. The van der Waals surface area contributed by atoms with Crippen molar-refractivity contribution in [1.82, 2.24) is 0 Å². The average molecular weight is 330 g/mol. The van der Waals surface area contributed by atoms with Gasteiger partial charge in [0.15, 0.2) is 0 Å². The predicted octanol–water partition coefficient (Wildman–Crippen LogP) is 4.87. The van der Waals surface area contributed by atoms with Gasteiger partial charge in [-0.25, -0.2) is 4.79 Å². The molecule has 0 aromatic heterocycles. The van der Waals surface area contributed by atoms with Crippen molar-refractivity contribution in [2.75, 3.05) is 5.75 Å². The fourth-order valence-electron chi connectivity index (χ4n) is 2.47. The van der Waals surface area contributed by atoms with Crippen LogP contribution in [0.3, 0.4) is 0 Å². The largest absolute Gasteiger partial charge is 0.478 e. The quantitative estimate of drug-likeness (QED) is 0.840. The van der Waals surface area contributed by atoms with E-state index >= 15 is 0 Å². The SMILES string of the molecule is Cc1cc(C(C)C)cc2c1SCC(C(F)(F)F)C(C(=O)O)=C2. The Balaban J connectivity index is 2.62. The highest BCUT2D eigenvalue weighted by atomic mass is 32.2. The standard InChI is InChI=1S/C16H17F3O2S/c1-8(2)10-4-9(3)14-11(5-10)6-12(15(20)21)13(7-22-14)16(17,18)19/h4-6,8,13H,7H2,1-3H3,(H,20,21). The molecule has 1 heterocycles. The molecule has 1 N–H and O–H groups in total. The van der Waals surface area contributed by atoms with E-state index in [9.17, 15) is 23.1 Å². The summed E-state index contributed by atoms with van der Waals surface area (Å²) in [6.07, 6.45) is -3.37. The van der Waals surface area contributed by atoms with Gasteiger partial charge in [-0.3, -0.25) is 0 Å². The minimum atomic E-state index is -4.56. The highest BCUT2D eigenvalue weighted by Crippen LogP contribution is 2.43. The van der Waals surface area contributed by atoms with Crippen LogP contribution >= 0.6 is 11.8 Å². The Labute approximate surface area is 131 Å². The molecule has 6 heteroatoms. The fraction of sp³-hybridized carbons (Fsp3) is 0.438. The Morgan fingerprint density at radius 1 is 1.36 bits per heavy atom. The lowest BCUT2D eigenvalue weighted by atomic mass is 9.94. The molecule has 1 aliphatic heterocycles. The Hall–Kier alpha value is -1.43. The molecule has 0 aliphatic carbocycles. The summed E-state index contributed by atoms with van der Waals surface area (Å²) in [5.41, 5.74) is 1.86. The van der Waals surface area contributed by atoms with E-state index in [0.717, 1.165) is 27.8 Å². The van der Waals surface area contributed by atoms with Crippen LogP contribution in [-0.2, 0) is 4.79 Å². The van der Waals surface area contributed by atoms with Gasteiger partial charge in [-0.1, -0.05) is 26.0 Å². The molecule has 0 amide bonds. The maximum atomic E-state index is 13.1. The van der Waals surface area contributed by atoms with E-state index in [1.54, 1.807) is 6.07 Å². The normalized spacial score (nSPS) is 18.7. The van der Waals surface area contributed by atoms with Crippen LogP contribution in [0.1, 0.15) is 36.5 Å². The predicted molar refractivity (Wildman–Crippen MR) is 81.1 cm³/mol. The van der Waals surface area contributed by atoms with E-state index in [4.69, 9.17) is 0 Å². The number of aliphatic carboxylic acids is 1. The second kappa shape index (κ2) is 5.99. The lowest BCUT2D eigenvalue weighted by molar-refractivity contribution is -0.163. The molecule has 0 saturated carbocycles. The van der Waals surface area contributed by atoms with Crippen molar-refractivity contribution >= 4 is 23.8 Å². The number of hydrogen-bond acceptors (Lipinski definition) is 2. The van der Waals surface area contributed by atoms with E-state index in [0.29, 0.717) is 5.56 Å². The number of aryl methyl sites for hydroxylation is 1. The van der Waals surface area contributed by atoms with Gasteiger partial charge in [-0.15, -0.1) is 11.8 Å². The molecule has 1 unspecified atom stereocenters. The maximum absolute atomic E-state index is 13.1. The van der Waals surface area contributed by atoms with Crippen LogP contribution in [0.25, 0.3) is 6.08 Å². The fourth-order valence-corrected chi connectivity index (χ4v) is 3.75. The van der Waals surface area contributed by atoms with Gasteiger partial charge in [-0.2, -0.15) is 13.2 Å². The van der Waals surface area contributed by atoms with Crippen LogP contribution in [0.15, 0.2) is 22.6 Å². The zero-order valence-corrected chi connectivity index (χ0v) is 13.3. The third-order valence-electron chi connectivity index (χ3n) is 3.72. The minimum absolute atomic E-state index is 0.220. The van der Waals surface area contributed by atoms with Gasteiger partial charge >= 0.3 is 12.1 Å². The van der Waals surface area contributed by atoms with Crippen LogP contribution in [0.4, 0.5) is 13.2 Å². The van der Waals surface area contributed by atoms with Crippen LogP contribution in [0, 0.1) is 12.8 Å².